The van der Waals surface area contributed by atoms with E-state index in [1.165, 1.54) is 5.69 Å². The summed E-state index contributed by atoms with van der Waals surface area (Å²) >= 11 is 0. The van der Waals surface area contributed by atoms with Crippen molar-refractivity contribution in [1.29, 1.82) is 0 Å². The van der Waals surface area contributed by atoms with Crippen LogP contribution in [0.5, 0.6) is 0 Å². The van der Waals surface area contributed by atoms with E-state index in [1.54, 1.807) is 6.07 Å². The number of hydrogen-bond acceptors (Lipinski definition) is 4. The molecule has 0 N–H and O–H groups in total. The average molecular weight is 310 g/mol. The molecule has 0 aliphatic carbocycles. The van der Waals surface area contributed by atoms with Gasteiger partial charge in [-0.1, -0.05) is 6.07 Å². The second-order valence-electron chi connectivity index (χ2n) is 5.95. The minimum absolute atomic E-state index is 0.0291. The lowest BCUT2D eigenvalue weighted by molar-refractivity contribution is 0.0761. The molecule has 0 aromatic carbocycles. The number of carbonyl (C=O) groups excluding carboxylic acids is 1. The Kier molecular flexibility index (Phi) is 4.55. The summed E-state index contributed by atoms with van der Waals surface area (Å²) in [7, 11) is 0. The Labute approximate surface area is 137 Å². The van der Waals surface area contributed by atoms with Gasteiger partial charge in [-0.25, -0.2) is 4.98 Å². The predicted molar refractivity (Wildman–Crippen MR) is 90.7 cm³/mol. The zero-order chi connectivity index (χ0) is 16.2. The summed E-state index contributed by atoms with van der Waals surface area (Å²) in [6.45, 7) is 7.19. The Morgan fingerprint density at radius 3 is 2.70 bits per heavy atom. The van der Waals surface area contributed by atoms with Crippen molar-refractivity contribution in [2.24, 2.45) is 0 Å². The summed E-state index contributed by atoms with van der Waals surface area (Å²) in [4.78, 5) is 25.5. The van der Waals surface area contributed by atoms with Gasteiger partial charge in [0, 0.05) is 49.5 Å². The highest BCUT2D eigenvalue weighted by Gasteiger charge is 2.21. The van der Waals surface area contributed by atoms with Crippen molar-refractivity contribution < 1.29 is 4.79 Å². The third-order valence-electron chi connectivity index (χ3n) is 4.14. The van der Waals surface area contributed by atoms with Crippen molar-refractivity contribution >= 4 is 11.6 Å². The number of pyridine rings is 2. The van der Waals surface area contributed by atoms with Crippen LogP contribution in [0.4, 0.5) is 5.69 Å². The maximum atomic E-state index is 12.6. The molecule has 0 unspecified atom stereocenters. The quantitative estimate of drug-likeness (QED) is 0.855. The van der Waals surface area contributed by atoms with Crippen LogP contribution in [0, 0.1) is 13.8 Å². The Morgan fingerprint density at radius 2 is 1.91 bits per heavy atom. The highest BCUT2D eigenvalue weighted by Crippen LogP contribution is 2.17. The molecule has 1 aliphatic heterocycles. The molecule has 0 atom stereocenters. The van der Waals surface area contributed by atoms with Crippen LogP contribution in [-0.2, 0) is 0 Å². The lowest BCUT2D eigenvalue weighted by Crippen LogP contribution is -2.35. The van der Waals surface area contributed by atoms with Crippen molar-refractivity contribution in [2.45, 2.75) is 20.3 Å². The van der Waals surface area contributed by atoms with Gasteiger partial charge in [0.1, 0.15) is 5.69 Å². The van der Waals surface area contributed by atoms with Crippen molar-refractivity contribution in [2.75, 3.05) is 31.1 Å². The van der Waals surface area contributed by atoms with Gasteiger partial charge < -0.3 is 9.80 Å². The second kappa shape index (κ2) is 6.77. The van der Waals surface area contributed by atoms with Crippen molar-refractivity contribution in [3.63, 3.8) is 0 Å². The van der Waals surface area contributed by atoms with E-state index in [0.29, 0.717) is 5.69 Å². The molecule has 120 valence electrons. The molecule has 5 heteroatoms. The first kappa shape index (κ1) is 15.5. The van der Waals surface area contributed by atoms with Crippen LogP contribution in [0.2, 0.25) is 0 Å². The summed E-state index contributed by atoms with van der Waals surface area (Å²) in [6.07, 6.45) is 2.80. The van der Waals surface area contributed by atoms with E-state index in [2.05, 4.69) is 20.9 Å². The Hall–Kier alpha value is -2.43. The van der Waals surface area contributed by atoms with E-state index in [1.807, 2.05) is 43.1 Å². The maximum Gasteiger partial charge on any atom is 0.272 e. The topological polar surface area (TPSA) is 49.3 Å². The summed E-state index contributed by atoms with van der Waals surface area (Å²) in [5, 5.41) is 0. The van der Waals surface area contributed by atoms with Gasteiger partial charge in [-0.2, -0.15) is 0 Å². The molecule has 2 aromatic heterocycles. The van der Waals surface area contributed by atoms with Gasteiger partial charge in [0.15, 0.2) is 0 Å². The van der Waals surface area contributed by atoms with Crippen LogP contribution >= 0.6 is 0 Å². The zero-order valence-corrected chi connectivity index (χ0v) is 13.7. The van der Waals surface area contributed by atoms with Gasteiger partial charge in [0.2, 0.25) is 0 Å². The monoisotopic (exact) mass is 310 g/mol. The van der Waals surface area contributed by atoms with E-state index < -0.39 is 0 Å². The molecule has 5 nitrogen and oxygen atoms in total. The number of carbonyl (C=O) groups is 1. The number of amides is 1. The highest BCUT2D eigenvalue weighted by molar-refractivity contribution is 5.92. The van der Waals surface area contributed by atoms with Gasteiger partial charge in [-0.05, 0) is 44.5 Å². The third kappa shape index (κ3) is 3.67. The zero-order valence-electron chi connectivity index (χ0n) is 13.7. The van der Waals surface area contributed by atoms with Gasteiger partial charge >= 0.3 is 0 Å². The summed E-state index contributed by atoms with van der Waals surface area (Å²) in [5.41, 5.74) is 3.61. The molecule has 1 amide bonds. The standard InChI is InChI=1S/C18H22N4O/c1-14-5-3-6-17(20-14)18(23)22-10-4-9-21(11-12-22)16-7-8-19-15(2)13-16/h3,5-8,13H,4,9-12H2,1-2H3. The van der Waals surface area contributed by atoms with E-state index in [4.69, 9.17) is 0 Å². The first-order chi connectivity index (χ1) is 11.1. The molecule has 0 bridgehead atoms. The molecule has 1 saturated heterocycles. The number of nitrogens with zero attached hydrogens (tertiary/aromatic N) is 4. The average Bonchev–Trinajstić information content (AvgIpc) is 2.80. The summed E-state index contributed by atoms with van der Waals surface area (Å²) in [5.74, 6) is 0.0291. The molecule has 3 heterocycles. The minimum Gasteiger partial charge on any atom is -0.370 e. The molecule has 1 fully saturated rings. The number of hydrogen-bond donors (Lipinski definition) is 0. The smallest absolute Gasteiger partial charge is 0.272 e. The van der Waals surface area contributed by atoms with Crippen LogP contribution in [0.15, 0.2) is 36.5 Å². The second-order valence-corrected chi connectivity index (χ2v) is 5.95. The fourth-order valence-electron chi connectivity index (χ4n) is 2.93. The lowest BCUT2D eigenvalue weighted by Gasteiger charge is -2.23. The van der Waals surface area contributed by atoms with Crippen LogP contribution in [0.1, 0.15) is 28.3 Å². The molecular formula is C18H22N4O. The largest absolute Gasteiger partial charge is 0.370 e. The van der Waals surface area contributed by atoms with E-state index in [-0.39, 0.29) is 5.91 Å². The SMILES string of the molecule is Cc1cc(N2CCCN(C(=O)c3cccc(C)n3)CC2)ccn1. The molecular weight excluding hydrogens is 288 g/mol. The Bertz CT molecular complexity index is 701. The van der Waals surface area contributed by atoms with Crippen molar-refractivity contribution in [3.05, 3.63) is 53.6 Å². The first-order valence-electron chi connectivity index (χ1n) is 8.04. The molecule has 0 spiro atoms. The van der Waals surface area contributed by atoms with E-state index in [9.17, 15) is 4.79 Å². The van der Waals surface area contributed by atoms with Crippen molar-refractivity contribution in [1.82, 2.24) is 14.9 Å². The lowest BCUT2D eigenvalue weighted by atomic mass is 10.2. The molecule has 0 radical (unpaired) electrons. The normalized spacial score (nSPS) is 15.4. The molecule has 23 heavy (non-hydrogen) atoms. The molecule has 0 saturated carbocycles. The van der Waals surface area contributed by atoms with Crippen molar-refractivity contribution in [3.8, 4) is 0 Å². The number of aryl methyl sites for hydroxylation is 2. The summed E-state index contributed by atoms with van der Waals surface area (Å²) in [6, 6.07) is 9.72. The molecule has 1 aliphatic rings. The number of aromatic nitrogens is 2. The van der Waals surface area contributed by atoms with Crippen LogP contribution in [-0.4, -0.2) is 47.0 Å². The first-order valence-corrected chi connectivity index (χ1v) is 8.04. The molecule has 3 rings (SSSR count). The van der Waals surface area contributed by atoms with Gasteiger partial charge in [-0.3, -0.25) is 9.78 Å². The van der Waals surface area contributed by atoms with Gasteiger partial charge in [0.25, 0.3) is 5.91 Å². The van der Waals surface area contributed by atoms with Gasteiger partial charge in [0.05, 0.1) is 0 Å². The van der Waals surface area contributed by atoms with E-state index >= 15 is 0 Å². The molecule has 2 aromatic rings. The third-order valence-corrected chi connectivity index (χ3v) is 4.14. The van der Waals surface area contributed by atoms with Gasteiger partial charge in [-0.15, -0.1) is 0 Å². The van der Waals surface area contributed by atoms with Crippen LogP contribution < -0.4 is 4.90 Å². The number of anilines is 1. The fraction of sp³-hybridized carbons (Fsp3) is 0.389. The minimum atomic E-state index is 0.0291. The Morgan fingerprint density at radius 1 is 1.04 bits per heavy atom. The van der Waals surface area contributed by atoms with E-state index in [0.717, 1.165) is 44.0 Å². The Balaban J connectivity index is 1.70. The predicted octanol–water partition coefficient (Wildman–Crippen LogP) is 2.45. The maximum absolute atomic E-state index is 12.6. The fourth-order valence-corrected chi connectivity index (χ4v) is 2.93. The van der Waals surface area contributed by atoms with Crippen LogP contribution in [0.3, 0.4) is 0 Å². The summed E-state index contributed by atoms with van der Waals surface area (Å²) < 4.78 is 0. The van der Waals surface area contributed by atoms with Crippen LogP contribution in [0.25, 0.3) is 0 Å². The number of rotatable bonds is 2. The highest BCUT2D eigenvalue weighted by atomic mass is 16.2.